The van der Waals surface area contributed by atoms with Gasteiger partial charge in [-0.3, -0.25) is 24.0 Å². The third-order valence-electron chi connectivity index (χ3n) is 7.70. The number of hydrogen-bond acceptors (Lipinski definition) is 7. The molecule has 43 heavy (non-hydrogen) atoms. The summed E-state index contributed by atoms with van der Waals surface area (Å²) in [6, 6.07) is 8.20. The monoisotopic (exact) mass is 589 g/mol. The minimum atomic E-state index is -1.11. The van der Waals surface area contributed by atoms with Crippen LogP contribution in [0.1, 0.15) is 60.0 Å². The lowest BCUT2D eigenvalue weighted by Gasteiger charge is -2.25. The highest BCUT2D eigenvalue weighted by atomic mass is 19.1. The number of carbonyl (C=O) groups is 4. The fraction of sp³-hybridized carbons (Fsp3) is 0.355. The molecule has 3 amide bonds. The third kappa shape index (κ3) is 7.14. The topological polar surface area (TPSA) is 152 Å². The van der Waals surface area contributed by atoms with Gasteiger partial charge in [0.2, 0.25) is 11.8 Å². The Morgan fingerprint density at radius 3 is 2.63 bits per heavy atom. The quantitative estimate of drug-likeness (QED) is 0.308. The van der Waals surface area contributed by atoms with Gasteiger partial charge in [-0.2, -0.15) is 0 Å². The summed E-state index contributed by atoms with van der Waals surface area (Å²) in [6.07, 6.45) is 5.84. The van der Waals surface area contributed by atoms with E-state index in [1.165, 1.54) is 53.2 Å². The van der Waals surface area contributed by atoms with Gasteiger partial charge in [-0.1, -0.05) is 23.4 Å². The molecule has 3 atom stereocenters. The molecule has 2 aliphatic rings. The van der Waals surface area contributed by atoms with Gasteiger partial charge < -0.3 is 25.0 Å². The van der Waals surface area contributed by atoms with Crippen LogP contribution in [0.15, 0.2) is 69.6 Å². The van der Waals surface area contributed by atoms with Crippen LogP contribution in [0.3, 0.4) is 0 Å². The van der Waals surface area contributed by atoms with Crippen molar-refractivity contribution < 1.29 is 28.1 Å². The number of anilines is 1. The van der Waals surface area contributed by atoms with Crippen molar-refractivity contribution in [2.24, 2.45) is 5.92 Å². The largest absolute Gasteiger partial charge is 0.361 e. The number of pyridine rings is 1. The minimum Gasteiger partial charge on any atom is -0.361 e. The number of halogens is 1. The summed E-state index contributed by atoms with van der Waals surface area (Å²) < 4.78 is 19.8. The molecule has 0 unspecified atom stereocenters. The first-order valence-corrected chi connectivity index (χ1v) is 14.2. The molecule has 1 saturated heterocycles. The summed E-state index contributed by atoms with van der Waals surface area (Å²) in [5, 5.41) is 12.0. The summed E-state index contributed by atoms with van der Waals surface area (Å²) in [6.45, 7) is 2.16. The van der Waals surface area contributed by atoms with Gasteiger partial charge in [-0.25, -0.2) is 4.39 Å². The number of aromatic nitrogens is 2. The van der Waals surface area contributed by atoms with Crippen molar-refractivity contribution in [2.75, 3.05) is 11.9 Å². The number of carbonyl (C=O) groups excluding carboxylic acids is 4. The zero-order valence-electron chi connectivity index (χ0n) is 23.6. The maximum Gasteiger partial charge on any atom is 0.278 e. The standard InChI is InChI=1S/C31H32FN5O6/c1-18-14-25(36-43-18)29(40)35-24-5-3-13-37(31(24)42)26(15-19-7-9-22(32)10-8-19)30(41)34-23(16-20-4-2-6-27(20)38)17-21-11-12-33-28(21)39/h3,5,7-10,13-14,16,21,23,26H,2,4,6,11-12,15,17H2,1H3,(H,33,39)(H,34,41)(H,35,40)/b20-16+/t21-,23+,26-/m0/s1. The molecule has 1 aromatic carbocycles. The molecule has 3 N–H and O–H groups in total. The lowest BCUT2D eigenvalue weighted by molar-refractivity contribution is -0.126. The van der Waals surface area contributed by atoms with E-state index in [9.17, 15) is 28.4 Å². The predicted octanol–water partition coefficient (Wildman–Crippen LogP) is 3.01. The van der Waals surface area contributed by atoms with Crippen molar-refractivity contribution in [3.63, 3.8) is 0 Å². The van der Waals surface area contributed by atoms with E-state index in [0.29, 0.717) is 49.1 Å². The van der Waals surface area contributed by atoms with Gasteiger partial charge in [0.25, 0.3) is 11.5 Å². The molecule has 0 radical (unpaired) electrons. The summed E-state index contributed by atoms with van der Waals surface area (Å²) in [7, 11) is 0. The molecule has 2 fully saturated rings. The second kappa shape index (κ2) is 13.0. The highest BCUT2D eigenvalue weighted by Crippen LogP contribution is 2.25. The smallest absolute Gasteiger partial charge is 0.278 e. The van der Waals surface area contributed by atoms with Crippen LogP contribution in [0.5, 0.6) is 0 Å². The molecule has 3 heterocycles. The Bertz CT molecular complexity index is 1630. The maximum atomic E-state index is 14.0. The molecule has 1 aliphatic heterocycles. The van der Waals surface area contributed by atoms with Crippen LogP contribution in [-0.4, -0.2) is 45.8 Å². The average molecular weight is 590 g/mol. The van der Waals surface area contributed by atoms with Gasteiger partial charge in [-0.15, -0.1) is 0 Å². The van der Waals surface area contributed by atoms with Gasteiger partial charge in [0.15, 0.2) is 11.5 Å². The van der Waals surface area contributed by atoms with Gasteiger partial charge >= 0.3 is 0 Å². The molecule has 3 aromatic rings. The predicted molar refractivity (Wildman–Crippen MR) is 154 cm³/mol. The van der Waals surface area contributed by atoms with Crippen molar-refractivity contribution in [1.29, 1.82) is 0 Å². The summed E-state index contributed by atoms with van der Waals surface area (Å²) >= 11 is 0. The number of nitrogens with one attached hydrogen (secondary N) is 3. The second-order valence-corrected chi connectivity index (χ2v) is 10.9. The molecule has 11 nitrogen and oxygen atoms in total. The summed E-state index contributed by atoms with van der Waals surface area (Å²) in [5.41, 5.74) is 0.472. The van der Waals surface area contributed by atoms with Crippen molar-refractivity contribution >= 4 is 29.2 Å². The fourth-order valence-electron chi connectivity index (χ4n) is 5.45. The highest BCUT2D eigenvalue weighted by Gasteiger charge is 2.31. The molecule has 2 aromatic heterocycles. The third-order valence-corrected chi connectivity index (χ3v) is 7.70. The van der Waals surface area contributed by atoms with Gasteiger partial charge in [0.05, 0.1) is 0 Å². The van der Waals surface area contributed by atoms with Gasteiger partial charge in [-0.05, 0) is 68.0 Å². The molecule has 12 heteroatoms. The van der Waals surface area contributed by atoms with Crippen LogP contribution in [0.2, 0.25) is 0 Å². The van der Waals surface area contributed by atoms with E-state index in [2.05, 4.69) is 21.1 Å². The molecular weight excluding hydrogens is 557 g/mol. The Morgan fingerprint density at radius 1 is 1.19 bits per heavy atom. The average Bonchev–Trinajstić information content (AvgIpc) is 3.71. The number of ketones is 1. The molecule has 224 valence electrons. The number of hydrogen-bond donors (Lipinski definition) is 3. The highest BCUT2D eigenvalue weighted by molar-refractivity contribution is 6.02. The Labute approximate surface area is 246 Å². The lowest BCUT2D eigenvalue weighted by Crippen LogP contribution is -2.44. The van der Waals surface area contributed by atoms with E-state index in [1.807, 2.05) is 0 Å². The Morgan fingerprint density at radius 2 is 1.98 bits per heavy atom. The number of rotatable bonds is 10. The van der Waals surface area contributed by atoms with Crippen LogP contribution in [0.25, 0.3) is 0 Å². The van der Waals surface area contributed by atoms with Crippen LogP contribution in [-0.2, 0) is 20.8 Å². The molecule has 1 saturated carbocycles. The minimum absolute atomic E-state index is 0.0128. The van der Waals surface area contributed by atoms with Crippen LogP contribution < -0.4 is 21.5 Å². The lowest BCUT2D eigenvalue weighted by atomic mass is 9.95. The van der Waals surface area contributed by atoms with Crippen LogP contribution >= 0.6 is 0 Å². The number of Topliss-reactive ketones (excluding diaryl/α,β-unsaturated/α-hetero) is 1. The number of benzene rings is 1. The Hall–Kier alpha value is -4.87. The van der Waals surface area contributed by atoms with Crippen LogP contribution in [0.4, 0.5) is 10.1 Å². The Kier molecular flexibility index (Phi) is 8.93. The van der Waals surface area contributed by atoms with Crippen molar-refractivity contribution in [2.45, 2.75) is 57.5 Å². The van der Waals surface area contributed by atoms with E-state index in [1.54, 1.807) is 13.0 Å². The van der Waals surface area contributed by atoms with E-state index in [4.69, 9.17) is 4.52 Å². The SMILES string of the molecule is Cc1cc(C(=O)Nc2cccn([C@@H](Cc3ccc(F)cc3)C(=O)N[C@H](/C=C3\CCCC3=O)C[C@@H]3CCNC3=O)c2=O)no1. The van der Waals surface area contributed by atoms with Crippen molar-refractivity contribution in [3.8, 4) is 0 Å². The number of nitrogens with zero attached hydrogens (tertiary/aromatic N) is 2. The Balaban J connectivity index is 1.46. The van der Waals surface area contributed by atoms with E-state index in [0.717, 1.165) is 6.42 Å². The fourth-order valence-corrected chi connectivity index (χ4v) is 5.45. The zero-order chi connectivity index (χ0) is 30.5. The molecule has 1 aliphatic carbocycles. The normalized spacial score (nSPS) is 18.8. The van der Waals surface area contributed by atoms with Crippen LogP contribution in [0, 0.1) is 18.7 Å². The van der Waals surface area contributed by atoms with Crippen molar-refractivity contribution in [1.82, 2.24) is 20.4 Å². The van der Waals surface area contributed by atoms with Gasteiger partial charge in [0.1, 0.15) is 23.3 Å². The molecule has 5 rings (SSSR count). The molecule has 0 spiro atoms. The van der Waals surface area contributed by atoms with Crippen molar-refractivity contribution in [3.05, 3.63) is 93.5 Å². The number of aryl methyl sites for hydroxylation is 1. The molecule has 0 bridgehead atoms. The first kappa shape index (κ1) is 29.6. The summed E-state index contributed by atoms with van der Waals surface area (Å²) in [5.74, 6) is -1.65. The number of amides is 3. The molecular formula is C31H32FN5O6. The maximum absolute atomic E-state index is 14.0. The van der Waals surface area contributed by atoms with E-state index in [-0.39, 0.29) is 35.4 Å². The first-order valence-electron chi connectivity index (χ1n) is 14.2. The first-order chi connectivity index (χ1) is 20.7. The zero-order valence-corrected chi connectivity index (χ0v) is 23.6. The second-order valence-electron chi connectivity index (χ2n) is 10.9. The van der Waals surface area contributed by atoms with E-state index < -0.39 is 35.3 Å². The summed E-state index contributed by atoms with van der Waals surface area (Å²) in [4.78, 5) is 65.1. The van der Waals surface area contributed by atoms with Gasteiger partial charge in [0, 0.05) is 43.6 Å². The van der Waals surface area contributed by atoms with E-state index >= 15 is 0 Å². The number of allylic oxidation sites excluding steroid dienone is 1.